The molecule has 0 unspecified atom stereocenters. The molecular weight excluding hydrogens is 251 g/mol. The zero-order valence-electron chi connectivity index (χ0n) is 11.6. The van der Waals surface area contributed by atoms with Gasteiger partial charge in [-0.2, -0.15) is 0 Å². The smallest absolute Gasteiger partial charge is 0.123 e. The topological polar surface area (TPSA) is 6.48 Å². The van der Waals surface area contributed by atoms with Crippen LogP contribution in [0.3, 0.4) is 0 Å². The average Bonchev–Trinajstić information content (AvgIpc) is 2.97. The minimum absolute atomic E-state index is 0.176. The highest BCUT2D eigenvalue weighted by Gasteiger charge is 2.25. The van der Waals surface area contributed by atoms with E-state index in [4.69, 9.17) is 6.42 Å². The van der Waals surface area contributed by atoms with Crippen LogP contribution in [0.15, 0.2) is 35.9 Å². The highest BCUT2D eigenvalue weighted by Crippen LogP contribution is 2.24. The molecule has 0 saturated carbocycles. The van der Waals surface area contributed by atoms with Gasteiger partial charge in [-0.3, -0.25) is 4.90 Å². The Morgan fingerprint density at radius 2 is 1.80 bits per heavy atom. The first-order valence-corrected chi connectivity index (χ1v) is 7.18. The molecule has 0 radical (unpaired) electrons. The van der Waals surface area contributed by atoms with Gasteiger partial charge >= 0.3 is 0 Å². The summed E-state index contributed by atoms with van der Waals surface area (Å²) in [4.78, 5) is 4.82. The molecule has 0 aromatic heterocycles. The first-order chi connectivity index (χ1) is 9.76. The van der Waals surface area contributed by atoms with Crippen LogP contribution in [0.2, 0.25) is 0 Å². The Kier molecular flexibility index (Phi) is 3.75. The molecule has 1 aromatic carbocycles. The number of anilines is 1. The minimum atomic E-state index is -0.176. The van der Waals surface area contributed by atoms with Gasteiger partial charge in [0.2, 0.25) is 0 Å². The van der Waals surface area contributed by atoms with Gasteiger partial charge in [0.1, 0.15) is 5.82 Å². The molecule has 1 aliphatic carbocycles. The zero-order valence-corrected chi connectivity index (χ0v) is 11.6. The molecule has 1 saturated heterocycles. The second kappa shape index (κ2) is 5.68. The van der Waals surface area contributed by atoms with Gasteiger partial charge in [0.25, 0.3) is 0 Å². The summed E-state index contributed by atoms with van der Waals surface area (Å²) in [6.45, 7) is 4.05. The largest absolute Gasteiger partial charge is 0.369 e. The van der Waals surface area contributed by atoms with E-state index < -0.39 is 0 Å². The van der Waals surface area contributed by atoms with Crippen LogP contribution in [0.5, 0.6) is 0 Å². The summed E-state index contributed by atoms with van der Waals surface area (Å²) in [5, 5.41) is 0. The molecule has 1 atom stereocenters. The lowest BCUT2D eigenvalue weighted by Gasteiger charge is -2.38. The van der Waals surface area contributed by atoms with Gasteiger partial charge in [0, 0.05) is 37.9 Å². The van der Waals surface area contributed by atoms with Crippen LogP contribution in [-0.2, 0) is 0 Å². The van der Waals surface area contributed by atoms with Gasteiger partial charge in [0.05, 0.1) is 0 Å². The van der Waals surface area contributed by atoms with Gasteiger partial charge in [-0.05, 0) is 42.7 Å². The highest BCUT2D eigenvalue weighted by molar-refractivity contribution is 5.46. The SMILES string of the molecule is C#CC1=C[C@@H](N2CCN(c3ccc(F)cc3)CC2)CC1. The van der Waals surface area contributed by atoms with Gasteiger partial charge < -0.3 is 4.90 Å². The fourth-order valence-corrected chi connectivity index (χ4v) is 3.07. The van der Waals surface area contributed by atoms with E-state index in [1.165, 1.54) is 12.1 Å². The third-order valence-electron chi connectivity index (χ3n) is 4.26. The van der Waals surface area contributed by atoms with Crippen molar-refractivity contribution >= 4 is 5.69 Å². The van der Waals surface area contributed by atoms with Crippen molar-refractivity contribution in [2.45, 2.75) is 18.9 Å². The summed E-state index contributed by atoms with van der Waals surface area (Å²) in [6.07, 6.45) is 9.89. The van der Waals surface area contributed by atoms with Crippen molar-refractivity contribution in [1.29, 1.82) is 0 Å². The van der Waals surface area contributed by atoms with Crippen LogP contribution in [0.1, 0.15) is 12.8 Å². The lowest BCUT2D eigenvalue weighted by atomic mass is 10.1. The third-order valence-corrected chi connectivity index (χ3v) is 4.26. The molecule has 0 bridgehead atoms. The molecule has 0 spiro atoms. The van der Waals surface area contributed by atoms with Crippen molar-refractivity contribution in [3.8, 4) is 12.3 Å². The summed E-state index contributed by atoms with van der Waals surface area (Å²) in [7, 11) is 0. The van der Waals surface area contributed by atoms with E-state index in [1.54, 1.807) is 0 Å². The van der Waals surface area contributed by atoms with Crippen molar-refractivity contribution in [3.63, 3.8) is 0 Å². The van der Waals surface area contributed by atoms with Crippen LogP contribution in [0.25, 0.3) is 0 Å². The number of rotatable bonds is 2. The number of piperazine rings is 1. The quantitative estimate of drug-likeness (QED) is 0.762. The molecule has 1 fully saturated rings. The standard InChI is InChI=1S/C17H19FN2/c1-2-14-3-6-17(13-14)20-11-9-19(10-12-20)16-7-4-15(18)5-8-16/h1,4-5,7-8,13,17H,3,6,9-12H2/t17-/m0/s1. The number of halogens is 1. The normalized spacial score (nSPS) is 23.5. The summed E-state index contributed by atoms with van der Waals surface area (Å²) in [5.74, 6) is 2.59. The number of hydrogen-bond acceptors (Lipinski definition) is 2. The Bertz CT molecular complexity index is 533. The van der Waals surface area contributed by atoms with Gasteiger partial charge in [-0.25, -0.2) is 4.39 Å². The Balaban J connectivity index is 1.59. The molecule has 2 aliphatic rings. The van der Waals surface area contributed by atoms with E-state index in [9.17, 15) is 4.39 Å². The summed E-state index contributed by atoms with van der Waals surface area (Å²) >= 11 is 0. The van der Waals surface area contributed by atoms with Gasteiger partial charge in [-0.1, -0.05) is 12.0 Å². The van der Waals surface area contributed by atoms with Crippen molar-refractivity contribution in [2.75, 3.05) is 31.1 Å². The van der Waals surface area contributed by atoms with Crippen LogP contribution in [0.4, 0.5) is 10.1 Å². The fourth-order valence-electron chi connectivity index (χ4n) is 3.07. The molecule has 1 aromatic rings. The second-order valence-electron chi connectivity index (χ2n) is 5.44. The monoisotopic (exact) mass is 270 g/mol. The number of allylic oxidation sites excluding steroid dienone is 1. The van der Waals surface area contributed by atoms with Gasteiger partial charge in [0.15, 0.2) is 0 Å². The first-order valence-electron chi connectivity index (χ1n) is 7.18. The molecule has 1 aliphatic heterocycles. The molecule has 3 heteroatoms. The molecule has 104 valence electrons. The second-order valence-corrected chi connectivity index (χ2v) is 5.44. The predicted octanol–water partition coefficient (Wildman–Crippen LogP) is 2.67. The molecule has 2 nitrogen and oxygen atoms in total. The molecular formula is C17H19FN2. The van der Waals surface area contributed by atoms with E-state index in [-0.39, 0.29) is 5.82 Å². The summed E-state index contributed by atoms with van der Waals surface area (Å²) in [6, 6.07) is 7.28. The number of hydrogen-bond donors (Lipinski definition) is 0. The van der Waals surface area contributed by atoms with E-state index in [0.717, 1.165) is 50.3 Å². The predicted molar refractivity (Wildman–Crippen MR) is 80.1 cm³/mol. The molecule has 1 heterocycles. The highest BCUT2D eigenvalue weighted by atomic mass is 19.1. The van der Waals surface area contributed by atoms with E-state index in [0.29, 0.717) is 6.04 Å². The maximum atomic E-state index is 12.9. The van der Waals surface area contributed by atoms with E-state index >= 15 is 0 Å². The third kappa shape index (κ3) is 2.71. The lowest BCUT2D eigenvalue weighted by Crippen LogP contribution is -2.49. The van der Waals surface area contributed by atoms with E-state index in [1.807, 2.05) is 12.1 Å². The maximum absolute atomic E-state index is 12.9. The molecule has 20 heavy (non-hydrogen) atoms. The maximum Gasteiger partial charge on any atom is 0.123 e. The number of benzene rings is 1. The lowest BCUT2D eigenvalue weighted by molar-refractivity contribution is 0.214. The fraction of sp³-hybridized carbons (Fsp3) is 0.412. The Morgan fingerprint density at radius 3 is 2.40 bits per heavy atom. The summed E-state index contributed by atoms with van der Waals surface area (Å²) < 4.78 is 12.9. The summed E-state index contributed by atoms with van der Waals surface area (Å²) in [5.41, 5.74) is 2.26. The van der Waals surface area contributed by atoms with Crippen molar-refractivity contribution in [3.05, 3.63) is 41.7 Å². The Morgan fingerprint density at radius 1 is 1.10 bits per heavy atom. The van der Waals surface area contributed by atoms with Crippen molar-refractivity contribution < 1.29 is 4.39 Å². The van der Waals surface area contributed by atoms with Crippen LogP contribution >= 0.6 is 0 Å². The number of terminal acetylenes is 1. The average molecular weight is 270 g/mol. The minimum Gasteiger partial charge on any atom is -0.369 e. The molecule has 3 rings (SSSR count). The zero-order chi connectivity index (χ0) is 13.9. The van der Waals surface area contributed by atoms with E-state index in [2.05, 4.69) is 21.8 Å². The Labute approximate surface area is 119 Å². The van der Waals surface area contributed by atoms with Crippen molar-refractivity contribution in [2.24, 2.45) is 0 Å². The van der Waals surface area contributed by atoms with Crippen molar-refractivity contribution in [1.82, 2.24) is 4.90 Å². The molecule has 0 amide bonds. The van der Waals surface area contributed by atoms with Crippen LogP contribution < -0.4 is 4.90 Å². The Hall–Kier alpha value is -1.79. The van der Waals surface area contributed by atoms with Crippen LogP contribution in [-0.4, -0.2) is 37.1 Å². The van der Waals surface area contributed by atoms with Crippen LogP contribution in [0, 0.1) is 18.2 Å². The first kappa shape index (κ1) is 13.2. The number of nitrogens with zero attached hydrogens (tertiary/aromatic N) is 2. The van der Waals surface area contributed by atoms with Gasteiger partial charge in [-0.15, -0.1) is 6.42 Å². The molecule has 0 N–H and O–H groups in total.